The number of benzene rings is 1. The summed E-state index contributed by atoms with van der Waals surface area (Å²) in [5.74, 6) is 0.313. The fraction of sp³-hybridized carbons (Fsp3) is 0.500. The summed E-state index contributed by atoms with van der Waals surface area (Å²) in [6.07, 6.45) is 5.34. The summed E-state index contributed by atoms with van der Waals surface area (Å²) in [4.78, 5) is 28.5. The van der Waals surface area contributed by atoms with Crippen LogP contribution in [0.5, 0.6) is 0 Å². The van der Waals surface area contributed by atoms with Crippen LogP contribution in [0.3, 0.4) is 0 Å². The molecular weight excluding hydrogens is 300 g/mol. The van der Waals surface area contributed by atoms with Gasteiger partial charge in [0, 0.05) is 38.2 Å². The van der Waals surface area contributed by atoms with E-state index in [9.17, 15) is 9.59 Å². The van der Waals surface area contributed by atoms with E-state index in [1.165, 1.54) is 5.56 Å². The molecule has 2 aliphatic rings. The number of carbonyl (C=O) groups is 2. The van der Waals surface area contributed by atoms with Gasteiger partial charge in [-0.1, -0.05) is 24.3 Å². The second-order valence-electron chi connectivity index (χ2n) is 6.91. The largest absolute Gasteiger partial charge is 0.338 e. The molecule has 0 N–H and O–H groups in total. The molecule has 1 aromatic rings. The zero-order chi connectivity index (χ0) is 17.1. The third kappa shape index (κ3) is 3.53. The van der Waals surface area contributed by atoms with Gasteiger partial charge in [0.15, 0.2) is 0 Å². The molecule has 1 aromatic carbocycles. The Morgan fingerprint density at radius 3 is 2.71 bits per heavy atom. The lowest BCUT2D eigenvalue weighted by Gasteiger charge is -2.37. The highest BCUT2D eigenvalue weighted by Crippen LogP contribution is 2.23. The average molecular weight is 326 g/mol. The van der Waals surface area contributed by atoms with Crippen molar-refractivity contribution in [2.75, 3.05) is 19.6 Å². The lowest BCUT2D eigenvalue weighted by Crippen LogP contribution is -2.49. The van der Waals surface area contributed by atoms with E-state index in [1.807, 2.05) is 28.9 Å². The van der Waals surface area contributed by atoms with Crippen molar-refractivity contribution in [2.24, 2.45) is 0 Å². The van der Waals surface area contributed by atoms with Gasteiger partial charge in [0.25, 0.3) is 0 Å². The molecular formula is C20H26N2O2. The predicted octanol–water partition coefficient (Wildman–Crippen LogP) is 3.01. The van der Waals surface area contributed by atoms with Crippen LogP contribution >= 0.6 is 0 Å². The van der Waals surface area contributed by atoms with Crippen LogP contribution < -0.4 is 0 Å². The quantitative estimate of drug-likeness (QED) is 0.801. The minimum Gasteiger partial charge on any atom is -0.338 e. The van der Waals surface area contributed by atoms with Crippen molar-refractivity contribution in [1.82, 2.24) is 9.80 Å². The van der Waals surface area contributed by atoms with Crippen LogP contribution in [0, 0.1) is 6.92 Å². The van der Waals surface area contributed by atoms with Gasteiger partial charge in [-0.05, 0) is 49.8 Å². The van der Waals surface area contributed by atoms with Crippen molar-refractivity contribution in [3.05, 3.63) is 41.5 Å². The van der Waals surface area contributed by atoms with E-state index in [-0.39, 0.29) is 17.9 Å². The van der Waals surface area contributed by atoms with Crippen LogP contribution in [-0.2, 0) is 9.59 Å². The van der Waals surface area contributed by atoms with Gasteiger partial charge >= 0.3 is 0 Å². The average Bonchev–Trinajstić information content (AvgIpc) is 3.01. The maximum Gasteiger partial charge on any atom is 0.246 e. The first-order valence-electron chi connectivity index (χ1n) is 8.89. The monoisotopic (exact) mass is 326 g/mol. The molecule has 0 unspecified atom stereocenters. The summed E-state index contributed by atoms with van der Waals surface area (Å²) in [5, 5.41) is 0. The zero-order valence-corrected chi connectivity index (χ0v) is 14.6. The SMILES string of the molecule is C/C(=C\C(=O)N1CCC[C@@H](N2CCCC2=O)C1)c1ccccc1C. The highest BCUT2D eigenvalue weighted by atomic mass is 16.2. The molecule has 2 saturated heterocycles. The molecule has 0 bridgehead atoms. The van der Waals surface area contributed by atoms with Gasteiger partial charge < -0.3 is 9.80 Å². The number of carbonyl (C=O) groups excluding carboxylic acids is 2. The Labute approximate surface area is 144 Å². The summed E-state index contributed by atoms with van der Waals surface area (Å²) in [6, 6.07) is 8.32. The number of piperidine rings is 1. The number of amides is 2. The van der Waals surface area contributed by atoms with Crippen molar-refractivity contribution in [2.45, 2.75) is 45.6 Å². The number of hydrogen-bond acceptors (Lipinski definition) is 2. The molecule has 3 rings (SSSR count). The molecule has 2 aliphatic heterocycles. The van der Waals surface area contributed by atoms with Gasteiger partial charge in [-0.2, -0.15) is 0 Å². The van der Waals surface area contributed by atoms with Crippen LogP contribution in [0.1, 0.15) is 43.7 Å². The minimum atomic E-state index is 0.0621. The van der Waals surface area contributed by atoms with Crippen LogP contribution in [-0.4, -0.2) is 47.3 Å². The predicted molar refractivity (Wildman–Crippen MR) is 95.4 cm³/mol. The fourth-order valence-electron chi connectivity index (χ4n) is 3.83. The summed E-state index contributed by atoms with van der Waals surface area (Å²) in [7, 11) is 0. The van der Waals surface area contributed by atoms with Crippen molar-refractivity contribution in [3.63, 3.8) is 0 Å². The number of nitrogens with zero attached hydrogens (tertiary/aromatic N) is 2. The Hall–Kier alpha value is -2.10. The summed E-state index contributed by atoms with van der Waals surface area (Å²) < 4.78 is 0. The van der Waals surface area contributed by atoms with Crippen molar-refractivity contribution in [3.8, 4) is 0 Å². The number of allylic oxidation sites excluding steroid dienone is 1. The number of likely N-dealkylation sites (tertiary alicyclic amines) is 2. The van der Waals surface area contributed by atoms with Crippen LogP contribution in [0.15, 0.2) is 30.3 Å². The fourth-order valence-corrected chi connectivity index (χ4v) is 3.83. The lowest BCUT2D eigenvalue weighted by molar-refractivity contribution is -0.134. The summed E-state index contributed by atoms with van der Waals surface area (Å²) >= 11 is 0. The first-order chi connectivity index (χ1) is 11.6. The van der Waals surface area contributed by atoms with Gasteiger partial charge in [0.2, 0.25) is 11.8 Å². The van der Waals surface area contributed by atoms with Crippen LogP contribution in [0.4, 0.5) is 0 Å². The molecule has 2 fully saturated rings. The third-order valence-electron chi connectivity index (χ3n) is 5.17. The topological polar surface area (TPSA) is 40.6 Å². The maximum absolute atomic E-state index is 12.7. The number of hydrogen-bond donors (Lipinski definition) is 0. The molecule has 2 heterocycles. The third-order valence-corrected chi connectivity index (χ3v) is 5.17. The van der Waals surface area contributed by atoms with Gasteiger partial charge in [0.05, 0.1) is 0 Å². The van der Waals surface area contributed by atoms with Gasteiger partial charge in [0.1, 0.15) is 0 Å². The lowest BCUT2D eigenvalue weighted by atomic mass is 10.0. The molecule has 0 aliphatic carbocycles. The van der Waals surface area contributed by atoms with E-state index in [0.29, 0.717) is 13.0 Å². The van der Waals surface area contributed by atoms with Crippen molar-refractivity contribution in [1.29, 1.82) is 0 Å². The zero-order valence-electron chi connectivity index (χ0n) is 14.6. The molecule has 1 atom stereocenters. The Kier molecular flexibility index (Phi) is 5.03. The van der Waals surface area contributed by atoms with Crippen molar-refractivity contribution < 1.29 is 9.59 Å². The molecule has 0 spiro atoms. The minimum absolute atomic E-state index is 0.0621. The highest BCUT2D eigenvalue weighted by Gasteiger charge is 2.32. The van der Waals surface area contributed by atoms with E-state index in [4.69, 9.17) is 0 Å². The van der Waals surface area contributed by atoms with Crippen LogP contribution in [0.2, 0.25) is 0 Å². The van der Waals surface area contributed by atoms with E-state index in [0.717, 1.165) is 43.5 Å². The Bertz CT molecular complexity index is 665. The van der Waals surface area contributed by atoms with Gasteiger partial charge in [-0.3, -0.25) is 9.59 Å². The van der Waals surface area contributed by atoms with E-state index in [2.05, 4.69) is 19.1 Å². The molecule has 0 aromatic heterocycles. The second kappa shape index (κ2) is 7.20. The van der Waals surface area contributed by atoms with Crippen LogP contribution in [0.25, 0.3) is 5.57 Å². The number of rotatable bonds is 3. The van der Waals surface area contributed by atoms with E-state index < -0.39 is 0 Å². The highest BCUT2D eigenvalue weighted by molar-refractivity contribution is 5.95. The molecule has 24 heavy (non-hydrogen) atoms. The first-order valence-corrected chi connectivity index (χ1v) is 8.89. The van der Waals surface area contributed by atoms with E-state index >= 15 is 0 Å². The van der Waals surface area contributed by atoms with E-state index in [1.54, 1.807) is 6.08 Å². The standard InChI is InChI=1S/C20H26N2O2/c1-15-7-3-4-9-18(15)16(2)13-20(24)21-11-5-8-17(14-21)22-12-6-10-19(22)23/h3-4,7,9,13,17H,5-6,8,10-12,14H2,1-2H3/b16-13+/t17-/m1/s1. The molecule has 2 amide bonds. The maximum atomic E-state index is 12.7. The smallest absolute Gasteiger partial charge is 0.246 e. The summed E-state index contributed by atoms with van der Waals surface area (Å²) in [6.45, 7) is 6.36. The first kappa shape index (κ1) is 16.7. The molecule has 0 saturated carbocycles. The van der Waals surface area contributed by atoms with Gasteiger partial charge in [-0.15, -0.1) is 0 Å². The second-order valence-corrected chi connectivity index (χ2v) is 6.91. The van der Waals surface area contributed by atoms with Gasteiger partial charge in [-0.25, -0.2) is 0 Å². The summed E-state index contributed by atoms with van der Waals surface area (Å²) in [5.41, 5.74) is 3.30. The molecule has 0 radical (unpaired) electrons. The Morgan fingerprint density at radius 2 is 2.00 bits per heavy atom. The Morgan fingerprint density at radius 1 is 1.21 bits per heavy atom. The van der Waals surface area contributed by atoms with Crippen molar-refractivity contribution >= 4 is 17.4 Å². The molecule has 4 heteroatoms. The molecule has 128 valence electrons. The Balaban J connectivity index is 1.69. The normalized spacial score (nSPS) is 22.2. The number of aryl methyl sites for hydroxylation is 1. The molecule has 4 nitrogen and oxygen atoms in total.